The SMILES string of the molecule is CC(C)C1CCCCC1n1cncc1CO. The van der Waals surface area contributed by atoms with Gasteiger partial charge in [-0.05, 0) is 24.7 Å². The molecule has 0 spiro atoms. The molecule has 1 aromatic rings. The average Bonchev–Trinajstić information content (AvgIpc) is 2.76. The number of aromatic nitrogens is 2. The van der Waals surface area contributed by atoms with E-state index >= 15 is 0 Å². The fourth-order valence-corrected chi connectivity index (χ4v) is 3.02. The zero-order valence-corrected chi connectivity index (χ0v) is 10.3. The van der Waals surface area contributed by atoms with Crippen LogP contribution >= 0.6 is 0 Å². The average molecular weight is 222 g/mol. The van der Waals surface area contributed by atoms with Crippen LogP contribution in [0.4, 0.5) is 0 Å². The fraction of sp³-hybridized carbons (Fsp3) is 0.769. The lowest BCUT2D eigenvalue weighted by Gasteiger charge is -2.36. The molecule has 1 N–H and O–H groups in total. The molecule has 1 aliphatic rings. The quantitative estimate of drug-likeness (QED) is 0.854. The predicted molar refractivity (Wildman–Crippen MR) is 64.0 cm³/mol. The van der Waals surface area contributed by atoms with Crippen LogP contribution in [0.1, 0.15) is 51.3 Å². The van der Waals surface area contributed by atoms with E-state index in [2.05, 4.69) is 23.4 Å². The van der Waals surface area contributed by atoms with Crippen molar-refractivity contribution in [1.82, 2.24) is 9.55 Å². The molecular formula is C13H22N2O. The molecule has 1 aromatic heterocycles. The highest BCUT2D eigenvalue weighted by Crippen LogP contribution is 2.38. The second-order valence-electron chi connectivity index (χ2n) is 5.21. The van der Waals surface area contributed by atoms with Crippen molar-refractivity contribution in [2.45, 2.75) is 52.2 Å². The maximum atomic E-state index is 9.30. The Labute approximate surface area is 97.5 Å². The standard InChI is InChI=1S/C13H22N2O/c1-10(2)12-5-3-4-6-13(12)15-9-14-7-11(15)8-16/h7,9-10,12-13,16H,3-6,8H2,1-2H3. The Kier molecular flexibility index (Phi) is 3.64. The molecule has 1 heterocycles. The van der Waals surface area contributed by atoms with Crippen LogP contribution in [0.5, 0.6) is 0 Å². The van der Waals surface area contributed by atoms with Gasteiger partial charge in [0.25, 0.3) is 0 Å². The molecule has 0 aliphatic heterocycles. The molecule has 3 heteroatoms. The summed E-state index contributed by atoms with van der Waals surface area (Å²) in [5.41, 5.74) is 0.956. The molecule has 2 unspecified atom stereocenters. The van der Waals surface area contributed by atoms with E-state index < -0.39 is 0 Å². The summed E-state index contributed by atoms with van der Waals surface area (Å²) in [4.78, 5) is 4.16. The van der Waals surface area contributed by atoms with E-state index in [0.717, 1.165) is 11.6 Å². The summed E-state index contributed by atoms with van der Waals surface area (Å²) in [6, 6.07) is 0.540. The predicted octanol–water partition coefficient (Wildman–Crippen LogP) is 2.76. The van der Waals surface area contributed by atoms with Crippen molar-refractivity contribution < 1.29 is 5.11 Å². The molecule has 1 fully saturated rings. The van der Waals surface area contributed by atoms with E-state index in [1.54, 1.807) is 6.20 Å². The topological polar surface area (TPSA) is 38.0 Å². The van der Waals surface area contributed by atoms with E-state index in [1.165, 1.54) is 25.7 Å². The number of imidazole rings is 1. The Morgan fingerprint density at radius 2 is 2.19 bits per heavy atom. The largest absolute Gasteiger partial charge is 0.390 e. The van der Waals surface area contributed by atoms with Gasteiger partial charge in [0, 0.05) is 6.04 Å². The molecule has 3 nitrogen and oxygen atoms in total. The van der Waals surface area contributed by atoms with E-state index in [1.807, 2.05) is 6.33 Å². The van der Waals surface area contributed by atoms with Crippen LogP contribution in [-0.4, -0.2) is 14.7 Å². The third-order valence-corrected chi connectivity index (χ3v) is 3.90. The zero-order valence-electron chi connectivity index (χ0n) is 10.3. The maximum Gasteiger partial charge on any atom is 0.0951 e. The number of rotatable bonds is 3. The van der Waals surface area contributed by atoms with Crippen molar-refractivity contribution in [3.05, 3.63) is 18.2 Å². The Bertz CT molecular complexity index is 332. The van der Waals surface area contributed by atoms with Crippen molar-refractivity contribution >= 4 is 0 Å². The van der Waals surface area contributed by atoms with Crippen LogP contribution in [0.25, 0.3) is 0 Å². The summed E-state index contributed by atoms with van der Waals surface area (Å²) in [6.07, 6.45) is 8.86. The molecule has 0 aromatic carbocycles. The minimum Gasteiger partial charge on any atom is -0.390 e. The number of hydrogen-bond acceptors (Lipinski definition) is 2. The maximum absolute atomic E-state index is 9.30. The minimum absolute atomic E-state index is 0.0985. The van der Waals surface area contributed by atoms with Crippen molar-refractivity contribution in [3.63, 3.8) is 0 Å². The molecule has 1 aliphatic carbocycles. The third kappa shape index (κ3) is 2.14. The zero-order chi connectivity index (χ0) is 11.5. The number of aliphatic hydroxyl groups is 1. The van der Waals surface area contributed by atoms with Crippen LogP contribution in [0.3, 0.4) is 0 Å². The summed E-state index contributed by atoms with van der Waals surface area (Å²) < 4.78 is 2.20. The van der Waals surface area contributed by atoms with Gasteiger partial charge < -0.3 is 9.67 Å². The lowest BCUT2D eigenvalue weighted by Crippen LogP contribution is -2.27. The first-order chi connectivity index (χ1) is 7.74. The van der Waals surface area contributed by atoms with Gasteiger partial charge in [-0.1, -0.05) is 26.7 Å². The summed E-state index contributed by atoms with van der Waals surface area (Å²) in [6.45, 7) is 4.71. The van der Waals surface area contributed by atoms with Crippen molar-refractivity contribution in [2.75, 3.05) is 0 Å². The first-order valence-electron chi connectivity index (χ1n) is 6.35. The molecule has 2 rings (SSSR count). The van der Waals surface area contributed by atoms with Crippen molar-refractivity contribution in [3.8, 4) is 0 Å². The van der Waals surface area contributed by atoms with Gasteiger partial charge >= 0.3 is 0 Å². The second kappa shape index (κ2) is 5.00. The summed E-state index contributed by atoms with van der Waals surface area (Å²) in [7, 11) is 0. The smallest absolute Gasteiger partial charge is 0.0951 e. The summed E-state index contributed by atoms with van der Waals surface area (Å²) in [5.74, 6) is 1.44. The molecular weight excluding hydrogens is 200 g/mol. The number of hydrogen-bond donors (Lipinski definition) is 1. The van der Waals surface area contributed by atoms with Gasteiger partial charge in [0.05, 0.1) is 24.8 Å². The van der Waals surface area contributed by atoms with Gasteiger partial charge in [-0.3, -0.25) is 0 Å². The van der Waals surface area contributed by atoms with Gasteiger partial charge in [-0.25, -0.2) is 4.98 Å². The van der Waals surface area contributed by atoms with Gasteiger partial charge in [0.15, 0.2) is 0 Å². The highest BCUT2D eigenvalue weighted by atomic mass is 16.3. The van der Waals surface area contributed by atoms with Crippen LogP contribution < -0.4 is 0 Å². The van der Waals surface area contributed by atoms with Crippen LogP contribution in [0, 0.1) is 11.8 Å². The van der Waals surface area contributed by atoms with Gasteiger partial charge in [0.1, 0.15) is 0 Å². The molecule has 16 heavy (non-hydrogen) atoms. The van der Waals surface area contributed by atoms with Crippen molar-refractivity contribution in [2.24, 2.45) is 11.8 Å². The van der Waals surface area contributed by atoms with Gasteiger partial charge in [-0.2, -0.15) is 0 Å². The molecule has 1 saturated carbocycles. The van der Waals surface area contributed by atoms with E-state index in [-0.39, 0.29) is 6.61 Å². The normalized spacial score (nSPS) is 26.2. The summed E-state index contributed by atoms with van der Waals surface area (Å²) in [5, 5.41) is 9.30. The molecule has 2 atom stereocenters. The molecule has 0 radical (unpaired) electrons. The Morgan fingerprint density at radius 3 is 2.88 bits per heavy atom. The van der Waals surface area contributed by atoms with E-state index in [0.29, 0.717) is 12.0 Å². The highest BCUT2D eigenvalue weighted by molar-refractivity contribution is 5.00. The number of nitrogens with zero attached hydrogens (tertiary/aromatic N) is 2. The summed E-state index contributed by atoms with van der Waals surface area (Å²) >= 11 is 0. The molecule has 90 valence electrons. The molecule has 0 amide bonds. The van der Waals surface area contributed by atoms with Crippen LogP contribution in [0.2, 0.25) is 0 Å². The Hall–Kier alpha value is -0.830. The fourth-order valence-electron chi connectivity index (χ4n) is 3.02. The Balaban J connectivity index is 2.23. The molecule has 0 bridgehead atoms. The van der Waals surface area contributed by atoms with Gasteiger partial charge in [0.2, 0.25) is 0 Å². The van der Waals surface area contributed by atoms with E-state index in [4.69, 9.17) is 0 Å². The van der Waals surface area contributed by atoms with Crippen LogP contribution in [0.15, 0.2) is 12.5 Å². The van der Waals surface area contributed by atoms with Crippen molar-refractivity contribution in [1.29, 1.82) is 0 Å². The Morgan fingerprint density at radius 1 is 1.44 bits per heavy atom. The first kappa shape index (κ1) is 11.6. The highest BCUT2D eigenvalue weighted by Gasteiger charge is 2.29. The number of aliphatic hydroxyl groups excluding tert-OH is 1. The lowest BCUT2D eigenvalue weighted by atomic mass is 9.77. The minimum atomic E-state index is 0.0985. The first-order valence-corrected chi connectivity index (χ1v) is 6.35. The van der Waals surface area contributed by atoms with E-state index in [9.17, 15) is 5.11 Å². The van der Waals surface area contributed by atoms with Gasteiger partial charge in [-0.15, -0.1) is 0 Å². The lowest BCUT2D eigenvalue weighted by molar-refractivity contribution is 0.172. The molecule has 0 saturated heterocycles. The second-order valence-corrected chi connectivity index (χ2v) is 5.21. The third-order valence-electron chi connectivity index (χ3n) is 3.90. The van der Waals surface area contributed by atoms with Crippen LogP contribution in [-0.2, 0) is 6.61 Å². The monoisotopic (exact) mass is 222 g/mol.